The molecule has 180 valence electrons. The Morgan fingerprint density at radius 3 is 2.36 bits per heavy atom. The molecule has 6 nitrogen and oxygen atoms in total. The van der Waals surface area contributed by atoms with Crippen molar-refractivity contribution in [1.29, 1.82) is 0 Å². The summed E-state index contributed by atoms with van der Waals surface area (Å²) in [6.07, 6.45) is 3.55. The molecule has 1 aromatic carbocycles. The van der Waals surface area contributed by atoms with Gasteiger partial charge >= 0.3 is 0 Å². The second kappa shape index (κ2) is 10.7. The molecule has 1 aliphatic heterocycles. The fourth-order valence-electron chi connectivity index (χ4n) is 5.06. The molecular weight excluding hydrogens is 431 g/mol. The maximum absolute atomic E-state index is 13.7. The number of piperidine rings is 1. The van der Waals surface area contributed by atoms with E-state index in [0.29, 0.717) is 42.8 Å². The zero-order valence-electron chi connectivity index (χ0n) is 18.7. The van der Waals surface area contributed by atoms with E-state index in [1.807, 2.05) is 0 Å². The third-order valence-corrected chi connectivity index (χ3v) is 6.73. The number of alkyl halides is 1. The summed E-state index contributed by atoms with van der Waals surface area (Å²) in [5.41, 5.74) is 7.97. The topological polar surface area (TPSA) is 95.8 Å². The first-order valence-corrected chi connectivity index (χ1v) is 11.8. The monoisotopic (exact) mass is 463 g/mol. The van der Waals surface area contributed by atoms with Gasteiger partial charge in [-0.2, -0.15) is 0 Å². The predicted octanol–water partition coefficient (Wildman–Crippen LogP) is 3.49. The van der Waals surface area contributed by atoms with Crippen molar-refractivity contribution < 1.29 is 13.2 Å². The van der Waals surface area contributed by atoms with E-state index in [-0.39, 0.29) is 30.4 Å². The number of H-pyrrole nitrogens is 1. The molecule has 1 unspecified atom stereocenters. The van der Waals surface area contributed by atoms with Crippen molar-refractivity contribution in [2.24, 2.45) is 5.73 Å². The average Bonchev–Trinajstić information content (AvgIpc) is 2.78. The molecule has 4 rings (SSSR count). The summed E-state index contributed by atoms with van der Waals surface area (Å²) in [6.45, 7) is 2.01. The minimum Gasteiger partial charge on any atom is -0.354 e. The quantitative estimate of drug-likeness (QED) is 0.504. The van der Waals surface area contributed by atoms with Gasteiger partial charge in [0.2, 0.25) is 5.95 Å². The fraction of sp³-hybridized carbons (Fsp3) is 0.583. The van der Waals surface area contributed by atoms with Crippen LogP contribution >= 0.6 is 0 Å². The number of aromatic nitrogens is 2. The number of hydrogen-bond acceptors (Lipinski definition) is 5. The number of anilines is 1. The van der Waals surface area contributed by atoms with Gasteiger partial charge in [-0.3, -0.25) is 9.78 Å². The molecule has 1 atom stereocenters. The van der Waals surface area contributed by atoms with Crippen molar-refractivity contribution in [2.75, 3.05) is 25.0 Å². The molecule has 2 aliphatic rings. The third kappa shape index (κ3) is 6.14. The van der Waals surface area contributed by atoms with E-state index >= 15 is 0 Å². The van der Waals surface area contributed by atoms with Gasteiger partial charge in [-0.15, -0.1) is 0 Å². The van der Waals surface area contributed by atoms with Crippen LogP contribution in [-0.2, 0) is 6.42 Å². The van der Waals surface area contributed by atoms with Crippen LogP contribution in [0.15, 0.2) is 23.0 Å². The highest BCUT2D eigenvalue weighted by atomic mass is 19.1. The molecule has 1 saturated carbocycles. The van der Waals surface area contributed by atoms with Gasteiger partial charge in [0.05, 0.1) is 5.69 Å². The Bertz CT molecular complexity index is 980. The molecule has 1 aromatic heterocycles. The molecule has 0 spiro atoms. The molecule has 0 radical (unpaired) electrons. The van der Waals surface area contributed by atoms with Crippen LogP contribution in [0, 0.1) is 11.6 Å². The molecular formula is C24H32F3N5O. The molecule has 2 fully saturated rings. The molecule has 0 amide bonds. The van der Waals surface area contributed by atoms with Crippen LogP contribution < -0.4 is 21.9 Å². The van der Waals surface area contributed by atoms with Gasteiger partial charge in [-0.1, -0.05) is 0 Å². The second-order valence-corrected chi connectivity index (χ2v) is 9.31. The van der Waals surface area contributed by atoms with Crippen LogP contribution in [0.2, 0.25) is 0 Å². The lowest BCUT2D eigenvalue weighted by Gasteiger charge is -2.29. The third-order valence-electron chi connectivity index (χ3n) is 6.73. The summed E-state index contributed by atoms with van der Waals surface area (Å²) >= 11 is 0. The SMILES string of the molecule is NC(CNc1nc(C2CCNCC2)c(C2CCC(F)CC2)c(=O)[nH]1)Cc1cc(F)cc(F)c1. The zero-order valence-corrected chi connectivity index (χ0v) is 18.7. The Balaban J connectivity index is 1.51. The number of nitrogens with two attached hydrogens (primary N) is 1. The number of benzene rings is 1. The molecule has 33 heavy (non-hydrogen) atoms. The van der Waals surface area contributed by atoms with E-state index < -0.39 is 23.8 Å². The molecule has 1 saturated heterocycles. The van der Waals surface area contributed by atoms with E-state index in [4.69, 9.17) is 10.7 Å². The van der Waals surface area contributed by atoms with Crippen LogP contribution in [0.1, 0.15) is 67.2 Å². The van der Waals surface area contributed by atoms with E-state index in [1.54, 1.807) is 0 Å². The maximum Gasteiger partial charge on any atom is 0.256 e. The largest absolute Gasteiger partial charge is 0.354 e. The van der Waals surface area contributed by atoms with Crippen LogP contribution in [0.5, 0.6) is 0 Å². The van der Waals surface area contributed by atoms with Gasteiger partial charge in [0, 0.05) is 30.1 Å². The Morgan fingerprint density at radius 2 is 1.70 bits per heavy atom. The Morgan fingerprint density at radius 1 is 1.03 bits per heavy atom. The molecule has 1 aliphatic carbocycles. The number of nitrogens with zero attached hydrogens (tertiary/aromatic N) is 1. The fourth-order valence-corrected chi connectivity index (χ4v) is 5.06. The summed E-state index contributed by atoms with van der Waals surface area (Å²) in [5.74, 6) is -0.730. The number of rotatable bonds is 7. The molecule has 2 aromatic rings. The Hall–Kier alpha value is -2.39. The first-order chi connectivity index (χ1) is 15.9. The van der Waals surface area contributed by atoms with Crippen molar-refractivity contribution in [2.45, 2.75) is 69.0 Å². The van der Waals surface area contributed by atoms with Crippen LogP contribution in [0.3, 0.4) is 0 Å². The van der Waals surface area contributed by atoms with Crippen LogP contribution in [-0.4, -0.2) is 41.8 Å². The number of aromatic amines is 1. The molecule has 5 N–H and O–H groups in total. The van der Waals surface area contributed by atoms with Gasteiger partial charge in [0.25, 0.3) is 5.56 Å². The minimum absolute atomic E-state index is 0.0253. The van der Waals surface area contributed by atoms with Gasteiger partial charge in [-0.05, 0) is 81.6 Å². The van der Waals surface area contributed by atoms with Gasteiger partial charge < -0.3 is 16.4 Å². The minimum atomic E-state index is -0.787. The second-order valence-electron chi connectivity index (χ2n) is 9.31. The Labute approximate surface area is 191 Å². The first kappa shape index (κ1) is 23.8. The zero-order chi connectivity index (χ0) is 23.4. The van der Waals surface area contributed by atoms with Gasteiger partial charge in [-0.25, -0.2) is 18.2 Å². The van der Waals surface area contributed by atoms with Crippen LogP contribution in [0.25, 0.3) is 0 Å². The van der Waals surface area contributed by atoms with E-state index in [0.717, 1.165) is 37.7 Å². The Kier molecular flexibility index (Phi) is 7.70. The smallest absolute Gasteiger partial charge is 0.256 e. The van der Waals surface area contributed by atoms with Crippen molar-refractivity contribution >= 4 is 5.95 Å². The lowest BCUT2D eigenvalue weighted by Crippen LogP contribution is -2.34. The van der Waals surface area contributed by atoms with E-state index in [9.17, 15) is 18.0 Å². The molecule has 0 bridgehead atoms. The van der Waals surface area contributed by atoms with Gasteiger partial charge in [0.15, 0.2) is 0 Å². The van der Waals surface area contributed by atoms with Crippen molar-refractivity contribution in [3.63, 3.8) is 0 Å². The summed E-state index contributed by atoms with van der Waals surface area (Å²) < 4.78 is 40.6. The summed E-state index contributed by atoms with van der Waals surface area (Å²) in [5, 5.41) is 6.44. The molecule has 2 heterocycles. The summed E-state index contributed by atoms with van der Waals surface area (Å²) in [4.78, 5) is 20.8. The maximum atomic E-state index is 13.7. The first-order valence-electron chi connectivity index (χ1n) is 11.8. The normalized spacial score (nSPS) is 22.8. The number of halogens is 3. The predicted molar refractivity (Wildman–Crippen MR) is 122 cm³/mol. The summed E-state index contributed by atoms with van der Waals surface area (Å²) in [6, 6.07) is 2.92. The van der Waals surface area contributed by atoms with Gasteiger partial charge in [0.1, 0.15) is 17.8 Å². The summed E-state index contributed by atoms with van der Waals surface area (Å²) in [7, 11) is 0. The highest BCUT2D eigenvalue weighted by Crippen LogP contribution is 2.37. The van der Waals surface area contributed by atoms with E-state index in [1.165, 1.54) is 12.1 Å². The van der Waals surface area contributed by atoms with Crippen molar-refractivity contribution in [1.82, 2.24) is 15.3 Å². The lowest BCUT2D eigenvalue weighted by atomic mass is 9.80. The number of nitrogens with one attached hydrogen (secondary N) is 3. The molecule has 9 heteroatoms. The average molecular weight is 464 g/mol. The van der Waals surface area contributed by atoms with Crippen molar-refractivity contribution in [3.05, 3.63) is 57.0 Å². The highest BCUT2D eigenvalue weighted by Gasteiger charge is 2.30. The van der Waals surface area contributed by atoms with Crippen LogP contribution in [0.4, 0.5) is 19.1 Å². The van der Waals surface area contributed by atoms with Crippen molar-refractivity contribution in [3.8, 4) is 0 Å². The number of hydrogen-bond donors (Lipinski definition) is 4. The standard InChI is InChI=1S/C24H32F3N5O/c25-17-3-1-15(2-4-17)21-22(16-5-7-29-8-6-16)31-24(32-23(21)33)30-13-20(28)11-14-9-18(26)12-19(27)10-14/h9-10,12,15-17,20,29H,1-8,11,13,28H2,(H2,30,31,32,33). The van der Waals surface area contributed by atoms with E-state index in [2.05, 4.69) is 15.6 Å². The lowest BCUT2D eigenvalue weighted by molar-refractivity contribution is 0.234. The highest BCUT2D eigenvalue weighted by molar-refractivity contribution is 5.35.